The summed E-state index contributed by atoms with van der Waals surface area (Å²) in [6, 6.07) is 9.62. The van der Waals surface area contributed by atoms with Crippen molar-refractivity contribution in [2.75, 3.05) is 37.9 Å². The molecule has 142 valence electrons. The molecule has 0 N–H and O–H groups in total. The molecule has 2 aromatic carbocycles. The Labute approximate surface area is 158 Å². The van der Waals surface area contributed by atoms with Crippen molar-refractivity contribution < 1.29 is 14.4 Å². The lowest BCUT2D eigenvalue weighted by Crippen LogP contribution is -2.46. The second-order valence-corrected chi connectivity index (χ2v) is 7.07. The number of ether oxygens (including phenoxy) is 2. The molecule has 2 aliphatic heterocycles. The van der Waals surface area contributed by atoms with E-state index in [1.54, 1.807) is 6.07 Å². The maximum Gasteiger partial charge on any atom is 0.277 e. The van der Waals surface area contributed by atoms with Crippen LogP contribution in [0.3, 0.4) is 0 Å². The number of hydrogen-bond donors (Lipinski definition) is 0. The van der Waals surface area contributed by atoms with Crippen LogP contribution in [0.15, 0.2) is 30.3 Å². The zero-order valence-corrected chi connectivity index (χ0v) is 15.6. The molecule has 27 heavy (non-hydrogen) atoms. The van der Waals surface area contributed by atoms with Crippen molar-refractivity contribution in [2.45, 2.75) is 20.4 Å². The minimum absolute atomic E-state index is 0.0937. The Hall–Kier alpha value is -2.80. The topological polar surface area (TPSA) is 68.1 Å². The van der Waals surface area contributed by atoms with E-state index in [1.165, 1.54) is 22.9 Å². The van der Waals surface area contributed by atoms with Gasteiger partial charge in [0.15, 0.2) is 11.5 Å². The fourth-order valence-corrected chi connectivity index (χ4v) is 3.74. The first-order valence-corrected chi connectivity index (χ1v) is 9.13. The van der Waals surface area contributed by atoms with Crippen LogP contribution in [-0.2, 0) is 6.54 Å². The molecule has 0 atom stereocenters. The number of aryl methyl sites for hydroxylation is 1. The van der Waals surface area contributed by atoms with Gasteiger partial charge in [-0.1, -0.05) is 12.1 Å². The van der Waals surface area contributed by atoms with Crippen molar-refractivity contribution in [3.8, 4) is 11.5 Å². The fourth-order valence-electron chi connectivity index (χ4n) is 3.74. The van der Waals surface area contributed by atoms with Gasteiger partial charge in [0.05, 0.1) is 11.0 Å². The summed E-state index contributed by atoms with van der Waals surface area (Å²) in [6.45, 7) is 8.47. The zero-order valence-electron chi connectivity index (χ0n) is 15.6. The fraction of sp³-hybridized carbons (Fsp3) is 0.400. The summed E-state index contributed by atoms with van der Waals surface area (Å²) in [5.41, 5.74) is 4.66. The van der Waals surface area contributed by atoms with Crippen molar-refractivity contribution in [3.63, 3.8) is 0 Å². The lowest BCUT2D eigenvalue weighted by molar-refractivity contribution is -0.385. The molecule has 2 aromatic rings. The van der Waals surface area contributed by atoms with E-state index in [-0.39, 0.29) is 17.4 Å². The Bertz CT molecular complexity index is 876. The van der Waals surface area contributed by atoms with Gasteiger partial charge in [-0.3, -0.25) is 15.0 Å². The van der Waals surface area contributed by atoms with Gasteiger partial charge in [0.2, 0.25) is 6.79 Å². The monoisotopic (exact) mass is 369 g/mol. The maximum atomic E-state index is 11.5. The first-order chi connectivity index (χ1) is 13.0. The average Bonchev–Trinajstić information content (AvgIpc) is 3.11. The SMILES string of the molecule is Cc1cccc(N2CCN(Cc3cc4c(cc3[N+](=O)[O-])OCO4)CC2)c1C. The van der Waals surface area contributed by atoms with Crippen LogP contribution in [0.25, 0.3) is 0 Å². The standard InChI is InChI=1S/C20H23N3O4/c1-14-4-3-5-17(15(14)2)22-8-6-21(7-9-22)12-16-10-19-20(27-13-26-19)11-18(16)23(24)25/h3-5,10-11H,6-9,12-13H2,1-2H3. The number of anilines is 1. The predicted octanol–water partition coefficient (Wildman–Crippen LogP) is 3.26. The third-order valence-corrected chi connectivity index (χ3v) is 5.45. The van der Waals surface area contributed by atoms with Crippen LogP contribution in [0, 0.1) is 24.0 Å². The molecule has 7 heteroatoms. The highest BCUT2D eigenvalue weighted by molar-refractivity contribution is 5.57. The highest BCUT2D eigenvalue weighted by Crippen LogP contribution is 2.38. The van der Waals surface area contributed by atoms with E-state index in [0.717, 1.165) is 26.2 Å². The lowest BCUT2D eigenvalue weighted by Gasteiger charge is -2.37. The van der Waals surface area contributed by atoms with Crippen LogP contribution in [0.4, 0.5) is 11.4 Å². The third-order valence-electron chi connectivity index (χ3n) is 5.45. The Kier molecular flexibility index (Phi) is 4.61. The van der Waals surface area contributed by atoms with E-state index in [2.05, 4.69) is 41.8 Å². The summed E-state index contributed by atoms with van der Waals surface area (Å²) in [4.78, 5) is 15.8. The average molecular weight is 369 g/mol. The Morgan fingerprint density at radius 2 is 1.78 bits per heavy atom. The van der Waals surface area contributed by atoms with Gasteiger partial charge in [-0.2, -0.15) is 0 Å². The quantitative estimate of drug-likeness (QED) is 0.609. The van der Waals surface area contributed by atoms with Crippen LogP contribution in [0.5, 0.6) is 11.5 Å². The number of benzene rings is 2. The second-order valence-electron chi connectivity index (χ2n) is 7.07. The van der Waals surface area contributed by atoms with Crippen molar-refractivity contribution >= 4 is 11.4 Å². The minimum atomic E-state index is -0.344. The van der Waals surface area contributed by atoms with Crippen molar-refractivity contribution in [2.24, 2.45) is 0 Å². The summed E-state index contributed by atoms with van der Waals surface area (Å²) < 4.78 is 10.7. The van der Waals surface area contributed by atoms with Crippen molar-refractivity contribution in [1.82, 2.24) is 4.90 Å². The van der Waals surface area contributed by atoms with Gasteiger partial charge in [-0.25, -0.2) is 0 Å². The van der Waals surface area contributed by atoms with Crippen LogP contribution >= 0.6 is 0 Å². The largest absolute Gasteiger partial charge is 0.454 e. The van der Waals surface area contributed by atoms with Crippen LogP contribution in [0.1, 0.15) is 16.7 Å². The van der Waals surface area contributed by atoms with Gasteiger partial charge in [-0.15, -0.1) is 0 Å². The van der Waals surface area contributed by atoms with Gasteiger partial charge in [0, 0.05) is 44.0 Å². The molecule has 4 rings (SSSR count). The molecular formula is C20H23N3O4. The van der Waals surface area contributed by atoms with E-state index >= 15 is 0 Å². The molecule has 0 aromatic heterocycles. The molecule has 0 radical (unpaired) electrons. The first kappa shape index (κ1) is 17.6. The number of nitrogens with zero attached hydrogens (tertiary/aromatic N) is 3. The van der Waals surface area contributed by atoms with Gasteiger partial charge >= 0.3 is 0 Å². The highest BCUT2D eigenvalue weighted by Gasteiger charge is 2.26. The second kappa shape index (κ2) is 7.08. The Balaban J connectivity index is 1.47. The van der Waals surface area contributed by atoms with E-state index in [4.69, 9.17) is 9.47 Å². The molecule has 1 saturated heterocycles. The van der Waals surface area contributed by atoms with E-state index in [1.807, 2.05) is 0 Å². The first-order valence-electron chi connectivity index (χ1n) is 9.13. The molecule has 1 fully saturated rings. The van der Waals surface area contributed by atoms with Gasteiger partial charge in [0.25, 0.3) is 5.69 Å². The third kappa shape index (κ3) is 3.42. The van der Waals surface area contributed by atoms with Crippen molar-refractivity contribution in [3.05, 3.63) is 57.1 Å². The number of piperazine rings is 1. The summed E-state index contributed by atoms with van der Waals surface area (Å²) in [5.74, 6) is 1.04. The number of nitro groups is 1. The molecule has 0 bridgehead atoms. The summed E-state index contributed by atoms with van der Waals surface area (Å²) >= 11 is 0. The smallest absolute Gasteiger partial charge is 0.277 e. The molecule has 2 aliphatic rings. The Morgan fingerprint density at radius 3 is 2.48 bits per heavy atom. The maximum absolute atomic E-state index is 11.5. The number of fused-ring (bicyclic) bond motifs is 1. The van der Waals surface area contributed by atoms with Crippen molar-refractivity contribution in [1.29, 1.82) is 0 Å². The van der Waals surface area contributed by atoms with Gasteiger partial charge in [0.1, 0.15) is 0 Å². The van der Waals surface area contributed by atoms with Gasteiger partial charge in [-0.05, 0) is 37.1 Å². The molecule has 0 spiro atoms. The number of hydrogen-bond acceptors (Lipinski definition) is 6. The predicted molar refractivity (Wildman–Crippen MR) is 103 cm³/mol. The van der Waals surface area contributed by atoms with E-state index in [9.17, 15) is 10.1 Å². The van der Waals surface area contributed by atoms with E-state index < -0.39 is 0 Å². The van der Waals surface area contributed by atoms with Crippen LogP contribution in [0.2, 0.25) is 0 Å². The molecular weight excluding hydrogens is 346 g/mol. The molecule has 0 aliphatic carbocycles. The zero-order chi connectivity index (χ0) is 19.0. The molecule has 0 amide bonds. The highest BCUT2D eigenvalue weighted by atomic mass is 16.7. The summed E-state index contributed by atoms with van der Waals surface area (Å²) in [7, 11) is 0. The Morgan fingerprint density at radius 1 is 1.07 bits per heavy atom. The molecule has 2 heterocycles. The van der Waals surface area contributed by atoms with Gasteiger partial charge < -0.3 is 14.4 Å². The van der Waals surface area contributed by atoms with E-state index in [0.29, 0.717) is 23.6 Å². The summed E-state index contributed by atoms with van der Waals surface area (Å²) in [5, 5.41) is 11.5. The summed E-state index contributed by atoms with van der Waals surface area (Å²) in [6.07, 6.45) is 0. The lowest BCUT2D eigenvalue weighted by atomic mass is 10.1. The molecule has 7 nitrogen and oxygen atoms in total. The van der Waals surface area contributed by atoms with Crippen LogP contribution in [-0.4, -0.2) is 42.8 Å². The molecule has 0 unspecified atom stereocenters. The van der Waals surface area contributed by atoms with Crippen LogP contribution < -0.4 is 14.4 Å². The number of nitro benzene ring substituents is 1. The number of rotatable bonds is 4. The molecule has 0 saturated carbocycles. The normalized spacial score (nSPS) is 16.6. The minimum Gasteiger partial charge on any atom is -0.454 e.